The molecule has 0 aliphatic heterocycles. The molecule has 0 fully saturated rings. The highest BCUT2D eigenvalue weighted by atomic mass is 19.1. The van der Waals surface area contributed by atoms with Gasteiger partial charge in [-0.3, -0.25) is 9.48 Å². The molecule has 2 rings (SSSR count). The van der Waals surface area contributed by atoms with Crippen LogP contribution in [-0.4, -0.2) is 26.8 Å². The predicted molar refractivity (Wildman–Crippen MR) is 78.3 cm³/mol. The van der Waals surface area contributed by atoms with Gasteiger partial charge in [0.25, 0.3) is 5.91 Å². The highest BCUT2D eigenvalue weighted by Crippen LogP contribution is 2.17. The van der Waals surface area contributed by atoms with Crippen LogP contribution < -0.4 is 5.32 Å². The number of hydrogen-bond acceptors (Lipinski definition) is 3. The second-order valence-corrected chi connectivity index (χ2v) is 5.45. The van der Waals surface area contributed by atoms with Crippen molar-refractivity contribution >= 4 is 17.7 Å². The van der Waals surface area contributed by atoms with Crippen LogP contribution in [0.5, 0.6) is 0 Å². The molecule has 0 saturated heterocycles. The highest BCUT2D eigenvalue weighted by molar-refractivity contribution is 6.04. The van der Waals surface area contributed by atoms with Gasteiger partial charge in [0.1, 0.15) is 5.82 Å². The van der Waals surface area contributed by atoms with Gasteiger partial charge in [-0.25, -0.2) is 9.18 Å². The molecule has 0 saturated carbocycles. The number of carbonyl (C=O) groups excluding carboxylic acids is 1. The van der Waals surface area contributed by atoms with Gasteiger partial charge < -0.3 is 10.4 Å². The number of nitrogens with one attached hydrogen (secondary N) is 1. The summed E-state index contributed by atoms with van der Waals surface area (Å²) in [5.41, 5.74) is -0.589. The van der Waals surface area contributed by atoms with Crippen molar-refractivity contribution in [3.05, 3.63) is 47.4 Å². The Bertz CT molecular complexity index is 737. The number of anilines is 1. The first-order valence-electron chi connectivity index (χ1n) is 6.59. The van der Waals surface area contributed by atoms with E-state index in [1.54, 1.807) is 13.0 Å². The Labute approximate surface area is 126 Å². The summed E-state index contributed by atoms with van der Waals surface area (Å²) < 4.78 is 14.9. The largest absolute Gasteiger partial charge is 0.479 e. The number of aryl methyl sites for hydroxylation is 1. The maximum Gasteiger partial charge on any atom is 0.331 e. The number of benzene rings is 1. The average Bonchev–Trinajstić information content (AvgIpc) is 2.90. The summed E-state index contributed by atoms with van der Waals surface area (Å²) in [5.74, 6) is -2.17. The first-order chi connectivity index (χ1) is 10.2. The van der Waals surface area contributed by atoms with Crippen molar-refractivity contribution in [3.63, 3.8) is 0 Å². The predicted octanol–water partition coefficient (Wildman–Crippen LogP) is 2.40. The van der Waals surface area contributed by atoms with E-state index >= 15 is 0 Å². The number of hydrogen-bond donors (Lipinski definition) is 2. The van der Waals surface area contributed by atoms with Crippen molar-refractivity contribution in [3.8, 4) is 0 Å². The third-order valence-corrected chi connectivity index (χ3v) is 3.29. The molecule has 116 valence electrons. The lowest BCUT2D eigenvalue weighted by Crippen LogP contribution is -2.36. The fourth-order valence-electron chi connectivity index (χ4n) is 1.80. The minimum atomic E-state index is -1.25. The molecule has 1 aromatic carbocycles. The van der Waals surface area contributed by atoms with Crippen LogP contribution >= 0.6 is 0 Å². The molecule has 6 nitrogen and oxygen atoms in total. The Kier molecular flexibility index (Phi) is 3.99. The van der Waals surface area contributed by atoms with Crippen molar-refractivity contribution in [2.45, 2.75) is 26.3 Å². The highest BCUT2D eigenvalue weighted by Gasteiger charge is 2.30. The fourth-order valence-corrected chi connectivity index (χ4v) is 1.80. The van der Waals surface area contributed by atoms with Gasteiger partial charge in [0.15, 0.2) is 11.4 Å². The Morgan fingerprint density at radius 2 is 2.00 bits per heavy atom. The third kappa shape index (κ3) is 2.98. The first kappa shape index (κ1) is 15.7. The summed E-state index contributed by atoms with van der Waals surface area (Å²) in [6, 6.07) is 5.67. The van der Waals surface area contributed by atoms with E-state index in [2.05, 4.69) is 10.4 Å². The summed E-state index contributed by atoms with van der Waals surface area (Å²) in [5, 5.41) is 15.6. The van der Waals surface area contributed by atoms with E-state index in [1.165, 1.54) is 42.9 Å². The molecule has 1 heterocycles. The molecule has 2 aromatic rings. The summed E-state index contributed by atoms with van der Waals surface area (Å²) in [6.45, 7) is 4.71. The molecule has 0 aliphatic rings. The van der Waals surface area contributed by atoms with E-state index in [4.69, 9.17) is 5.11 Å². The van der Waals surface area contributed by atoms with Gasteiger partial charge in [-0.05, 0) is 32.9 Å². The standard InChI is InChI=1S/C15H16FN3O3/c1-9-4-5-11(16)10(8-9)13(20)17-12-6-7-19(18-12)15(2,3)14(21)22/h4-8H,1-3H3,(H,21,22)(H,17,18,20). The molecule has 7 heteroatoms. The normalized spacial score (nSPS) is 11.3. The molecule has 0 unspecified atom stereocenters. The zero-order chi connectivity index (χ0) is 16.5. The molecule has 22 heavy (non-hydrogen) atoms. The topological polar surface area (TPSA) is 84.2 Å². The van der Waals surface area contributed by atoms with Gasteiger partial charge in [0.05, 0.1) is 5.56 Å². The first-order valence-corrected chi connectivity index (χ1v) is 6.59. The molecule has 0 spiro atoms. The monoisotopic (exact) mass is 305 g/mol. The quantitative estimate of drug-likeness (QED) is 0.908. The summed E-state index contributed by atoms with van der Waals surface area (Å²) in [4.78, 5) is 23.2. The number of nitrogens with zero attached hydrogens (tertiary/aromatic N) is 2. The van der Waals surface area contributed by atoms with Crippen molar-refractivity contribution in [1.82, 2.24) is 9.78 Å². The molecule has 0 radical (unpaired) electrons. The molecular formula is C15H16FN3O3. The van der Waals surface area contributed by atoms with Gasteiger partial charge in [0, 0.05) is 12.3 Å². The number of carboxylic acid groups (broad SMARTS) is 1. The maximum atomic E-state index is 13.7. The van der Waals surface area contributed by atoms with Crippen molar-refractivity contribution in [2.24, 2.45) is 0 Å². The average molecular weight is 305 g/mol. The van der Waals surface area contributed by atoms with E-state index in [-0.39, 0.29) is 11.4 Å². The van der Waals surface area contributed by atoms with Crippen LogP contribution in [0.25, 0.3) is 0 Å². The number of carboxylic acids is 1. The van der Waals surface area contributed by atoms with Crippen molar-refractivity contribution in [1.29, 1.82) is 0 Å². The van der Waals surface area contributed by atoms with Gasteiger partial charge in [-0.2, -0.15) is 5.10 Å². The SMILES string of the molecule is Cc1ccc(F)c(C(=O)Nc2ccn(C(C)(C)C(=O)O)n2)c1. The Hall–Kier alpha value is -2.70. The van der Waals surface area contributed by atoms with Crippen LogP contribution in [0, 0.1) is 12.7 Å². The van der Waals surface area contributed by atoms with Crippen molar-refractivity contribution < 1.29 is 19.1 Å². The second kappa shape index (κ2) is 5.59. The Balaban J connectivity index is 2.22. The lowest BCUT2D eigenvalue weighted by atomic mass is 10.1. The molecule has 2 N–H and O–H groups in total. The number of aliphatic carboxylic acids is 1. The van der Waals surface area contributed by atoms with Crippen LogP contribution in [0.1, 0.15) is 29.8 Å². The van der Waals surface area contributed by atoms with E-state index in [1.807, 2.05) is 0 Å². The molecule has 1 aromatic heterocycles. The van der Waals surface area contributed by atoms with Crippen LogP contribution in [0.15, 0.2) is 30.5 Å². The van der Waals surface area contributed by atoms with Gasteiger partial charge in [0.2, 0.25) is 0 Å². The van der Waals surface area contributed by atoms with E-state index < -0.39 is 23.2 Å². The number of amides is 1. The summed E-state index contributed by atoms with van der Waals surface area (Å²) in [6.07, 6.45) is 1.44. The van der Waals surface area contributed by atoms with Crippen LogP contribution in [0.4, 0.5) is 10.2 Å². The molecule has 1 amide bonds. The number of halogens is 1. The molecule has 0 atom stereocenters. The Morgan fingerprint density at radius 3 is 2.64 bits per heavy atom. The molecular weight excluding hydrogens is 289 g/mol. The fraction of sp³-hybridized carbons (Fsp3) is 0.267. The minimum absolute atomic E-state index is 0.0907. The van der Waals surface area contributed by atoms with Crippen molar-refractivity contribution in [2.75, 3.05) is 5.32 Å². The number of aromatic nitrogens is 2. The maximum absolute atomic E-state index is 13.7. The van der Waals surface area contributed by atoms with Crippen LogP contribution in [-0.2, 0) is 10.3 Å². The van der Waals surface area contributed by atoms with E-state index in [9.17, 15) is 14.0 Å². The number of carbonyl (C=O) groups is 2. The Morgan fingerprint density at radius 1 is 1.32 bits per heavy atom. The summed E-state index contributed by atoms with van der Waals surface area (Å²) in [7, 11) is 0. The molecule has 0 aliphatic carbocycles. The van der Waals surface area contributed by atoms with Crippen LogP contribution in [0.2, 0.25) is 0 Å². The second-order valence-electron chi connectivity index (χ2n) is 5.45. The number of rotatable bonds is 4. The minimum Gasteiger partial charge on any atom is -0.479 e. The van der Waals surface area contributed by atoms with E-state index in [0.29, 0.717) is 0 Å². The lowest BCUT2D eigenvalue weighted by molar-refractivity contribution is -0.146. The van der Waals surface area contributed by atoms with Gasteiger partial charge in [-0.15, -0.1) is 0 Å². The zero-order valence-electron chi connectivity index (χ0n) is 12.4. The van der Waals surface area contributed by atoms with Crippen LogP contribution in [0.3, 0.4) is 0 Å². The van der Waals surface area contributed by atoms with Gasteiger partial charge >= 0.3 is 5.97 Å². The van der Waals surface area contributed by atoms with E-state index in [0.717, 1.165) is 5.56 Å². The zero-order valence-corrected chi connectivity index (χ0v) is 12.4. The summed E-state index contributed by atoms with van der Waals surface area (Å²) >= 11 is 0. The molecule has 0 bridgehead atoms. The van der Waals surface area contributed by atoms with Gasteiger partial charge in [-0.1, -0.05) is 11.6 Å². The smallest absolute Gasteiger partial charge is 0.331 e. The third-order valence-electron chi connectivity index (χ3n) is 3.29. The lowest BCUT2D eigenvalue weighted by Gasteiger charge is -2.19.